The summed E-state index contributed by atoms with van der Waals surface area (Å²) >= 11 is 1.60. The number of piperidine rings is 1. The molecule has 0 bridgehead atoms. The Labute approximate surface area is 251 Å². The van der Waals surface area contributed by atoms with Crippen molar-refractivity contribution in [3.05, 3.63) is 95.6 Å². The van der Waals surface area contributed by atoms with Crippen molar-refractivity contribution in [2.75, 3.05) is 37.4 Å². The fourth-order valence-corrected chi connectivity index (χ4v) is 7.14. The van der Waals surface area contributed by atoms with Gasteiger partial charge in [-0.1, -0.05) is 61.5 Å². The zero-order valence-electron chi connectivity index (χ0n) is 24.3. The van der Waals surface area contributed by atoms with E-state index in [2.05, 4.69) is 38.1 Å². The van der Waals surface area contributed by atoms with Crippen LogP contribution in [0.25, 0.3) is 16.9 Å². The van der Waals surface area contributed by atoms with Gasteiger partial charge in [-0.25, -0.2) is 4.68 Å². The van der Waals surface area contributed by atoms with Gasteiger partial charge in [-0.2, -0.15) is 5.10 Å². The van der Waals surface area contributed by atoms with Gasteiger partial charge in [0.2, 0.25) is 11.8 Å². The molecule has 0 saturated carbocycles. The van der Waals surface area contributed by atoms with Crippen LogP contribution in [0.1, 0.15) is 41.7 Å². The molecule has 1 atom stereocenters. The number of nitrogens with zero attached hydrogens (tertiary/aromatic N) is 4. The highest BCUT2D eigenvalue weighted by molar-refractivity contribution is 8.00. The van der Waals surface area contributed by atoms with Gasteiger partial charge in [0, 0.05) is 24.2 Å². The predicted molar refractivity (Wildman–Crippen MR) is 168 cm³/mol. The maximum Gasteiger partial charge on any atom is 0.242 e. The first kappa shape index (κ1) is 28.1. The molecule has 4 aromatic rings. The van der Waals surface area contributed by atoms with E-state index in [1.54, 1.807) is 23.8 Å². The number of carbonyl (C=O) groups excluding carboxylic acids is 2. The fourth-order valence-electron chi connectivity index (χ4n) is 5.85. The summed E-state index contributed by atoms with van der Waals surface area (Å²) in [4.78, 5) is 31.3. The monoisotopic (exact) mass is 580 g/mol. The van der Waals surface area contributed by atoms with Crippen molar-refractivity contribution in [1.82, 2.24) is 14.7 Å². The Bertz CT molecular complexity index is 1580. The minimum Gasteiger partial charge on any atom is -0.497 e. The lowest BCUT2D eigenvalue weighted by molar-refractivity contribution is -0.132. The zero-order chi connectivity index (χ0) is 29.2. The number of thioether (sulfide) groups is 1. The Morgan fingerprint density at radius 3 is 2.36 bits per heavy atom. The molecule has 2 aliphatic rings. The van der Waals surface area contributed by atoms with Crippen molar-refractivity contribution in [1.29, 1.82) is 0 Å². The van der Waals surface area contributed by atoms with E-state index in [1.807, 2.05) is 64.2 Å². The van der Waals surface area contributed by atoms with Crippen LogP contribution in [-0.2, 0) is 9.59 Å². The average Bonchev–Trinajstić information content (AvgIpc) is 3.35. The lowest BCUT2D eigenvalue weighted by Gasteiger charge is -2.32. The van der Waals surface area contributed by atoms with E-state index in [4.69, 9.17) is 9.84 Å². The Morgan fingerprint density at radius 2 is 1.67 bits per heavy atom. The summed E-state index contributed by atoms with van der Waals surface area (Å²) in [5.74, 6) is 2.14. The van der Waals surface area contributed by atoms with Crippen LogP contribution in [0.2, 0.25) is 0 Å². The molecule has 3 aromatic carbocycles. The zero-order valence-corrected chi connectivity index (χ0v) is 25.1. The van der Waals surface area contributed by atoms with Crippen LogP contribution >= 0.6 is 11.8 Å². The van der Waals surface area contributed by atoms with E-state index in [-0.39, 0.29) is 29.4 Å². The van der Waals surface area contributed by atoms with Gasteiger partial charge in [-0.05, 0) is 61.1 Å². The maximum absolute atomic E-state index is 14.0. The summed E-state index contributed by atoms with van der Waals surface area (Å²) in [5.41, 5.74) is 5.80. The van der Waals surface area contributed by atoms with Crippen molar-refractivity contribution in [3.63, 3.8) is 0 Å². The number of fused-ring (bicyclic) bond motifs is 1. The Balaban J connectivity index is 1.56. The highest BCUT2D eigenvalue weighted by atomic mass is 32.2. The Hall–Kier alpha value is -4.04. The smallest absolute Gasteiger partial charge is 0.242 e. The molecule has 0 aliphatic carbocycles. The van der Waals surface area contributed by atoms with Crippen LogP contribution in [0, 0.1) is 12.8 Å². The molecule has 1 aromatic heterocycles. The number of methoxy groups -OCH3 is 1. The van der Waals surface area contributed by atoms with Gasteiger partial charge in [-0.15, -0.1) is 11.8 Å². The topological polar surface area (TPSA) is 67.7 Å². The van der Waals surface area contributed by atoms with Gasteiger partial charge in [-0.3, -0.25) is 14.5 Å². The third-order valence-electron chi connectivity index (χ3n) is 8.35. The number of anilines is 1. The summed E-state index contributed by atoms with van der Waals surface area (Å²) in [5, 5.41) is 5.04. The van der Waals surface area contributed by atoms with Gasteiger partial charge in [0.05, 0.1) is 29.5 Å². The molecule has 216 valence electrons. The second-order valence-corrected chi connectivity index (χ2v) is 12.2. The van der Waals surface area contributed by atoms with E-state index in [0.29, 0.717) is 11.7 Å². The molecule has 1 fully saturated rings. The third-order valence-corrected chi connectivity index (χ3v) is 9.59. The number of carbonyl (C=O) groups is 2. The number of benzene rings is 3. The minimum atomic E-state index is -0.150. The SMILES string of the molecule is COc1ccc(-n2nc(-c3ccccc3)c3c2N(CC(=O)N2CCC(C)CC2)C(=O)CSC3c2ccccc2C)cc1. The highest BCUT2D eigenvalue weighted by Gasteiger charge is 2.38. The first-order chi connectivity index (χ1) is 20.4. The van der Waals surface area contributed by atoms with Crippen LogP contribution < -0.4 is 9.64 Å². The molecule has 1 unspecified atom stereocenters. The number of ether oxygens (including phenoxy) is 1. The average molecular weight is 581 g/mol. The highest BCUT2D eigenvalue weighted by Crippen LogP contribution is 2.49. The molecule has 3 heterocycles. The number of aryl methyl sites for hydroxylation is 1. The molecule has 0 N–H and O–H groups in total. The molecule has 2 aliphatic heterocycles. The first-order valence-corrected chi connectivity index (χ1v) is 15.6. The molecule has 42 heavy (non-hydrogen) atoms. The molecule has 8 heteroatoms. The second kappa shape index (κ2) is 12.1. The van der Waals surface area contributed by atoms with E-state index in [0.717, 1.165) is 65.3 Å². The molecule has 0 radical (unpaired) electrons. The third kappa shape index (κ3) is 5.43. The van der Waals surface area contributed by atoms with Gasteiger partial charge in [0.15, 0.2) is 0 Å². The quantitative estimate of drug-likeness (QED) is 0.268. The van der Waals surface area contributed by atoms with Gasteiger partial charge in [0.25, 0.3) is 0 Å². The number of aromatic nitrogens is 2. The van der Waals surface area contributed by atoms with Gasteiger partial charge >= 0.3 is 0 Å². The van der Waals surface area contributed by atoms with Crippen molar-refractivity contribution < 1.29 is 14.3 Å². The van der Waals surface area contributed by atoms with E-state index >= 15 is 0 Å². The molecule has 2 amide bonds. The van der Waals surface area contributed by atoms with Gasteiger partial charge in [0.1, 0.15) is 18.1 Å². The number of likely N-dealkylation sites (tertiary alicyclic amines) is 1. The van der Waals surface area contributed by atoms with Crippen LogP contribution in [0.5, 0.6) is 5.75 Å². The van der Waals surface area contributed by atoms with Crippen LogP contribution in [0.3, 0.4) is 0 Å². The summed E-state index contributed by atoms with van der Waals surface area (Å²) in [7, 11) is 1.64. The number of hydrogen-bond donors (Lipinski definition) is 0. The van der Waals surface area contributed by atoms with Crippen molar-refractivity contribution in [2.24, 2.45) is 5.92 Å². The summed E-state index contributed by atoms with van der Waals surface area (Å²) in [6.45, 7) is 5.77. The summed E-state index contributed by atoms with van der Waals surface area (Å²) in [6, 6.07) is 26.1. The summed E-state index contributed by atoms with van der Waals surface area (Å²) in [6.07, 6.45) is 1.97. The van der Waals surface area contributed by atoms with Crippen molar-refractivity contribution in [3.8, 4) is 22.7 Å². The molecule has 1 saturated heterocycles. The van der Waals surface area contributed by atoms with E-state index < -0.39 is 0 Å². The number of amides is 2. The lowest BCUT2D eigenvalue weighted by Crippen LogP contribution is -2.46. The second-order valence-electron chi connectivity index (χ2n) is 11.2. The largest absolute Gasteiger partial charge is 0.497 e. The Morgan fingerprint density at radius 1 is 0.976 bits per heavy atom. The van der Waals surface area contributed by atoms with E-state index in [1.165, 1.54) is 0 Å². The molecular weight excluding hydrogens is 544 g/mol. The fraction of sp³-hybridized carbons (Fsp3) is 0.324. The van der Waals surface area contributed by atoms with E-state index in [9.17, 15) is 9.59 Å². The molecule has 7 nitrogen and oxygen atoms in total. The van der Waals surface area contributed by atoms with Crippen LogP contribution in [-0.4, -0.2) is 59.0 Å². The lowest BCUT2D eigenvalue weighted by atomic mass is 9.96. The molecular formula is C34H36N4O3S. The summed E-state index contributed by atoms with van der Waals surface area (Å²) < 4.78 is 7.26. The minimum absolute atomic E-state index is 0.0165. The maximum atomic E-state index is 14.0. The first-order valence-electron chi connectivity index (χ1n) is 14.5. The van der Waals surface area contributed by atoms with Crippen LogP contribution in [0.4, 0.5) is 5.82 Å². The predicted octanol–water partition coefficient (Wildman–Crippen LogP) is 6.28. The van der Waals surface area contributed by atoms with Crippen LogP contribution in [0.15, 0.2) is 78.9 Å². The number of rotatable bonds is 6. The van der Waals surface area contributed by atoms with Gasteiger partial charge < -0.3 is 9.64 Å². The standard InChI is InChI=1S/C34H36N4O3S/c1-23-17-19-36(20-18-23)29(39)21-37-30(40)22-42-33(28-12-8-7-9-24(28)2)31-32(25-10-5-4-6-11-25)35-38(34(31)37)26-13-15-27(41-3)16-14-26/h4-16,23,33H,17-22H2,1-3H3. The van der Waals surface area contributed by atoms with Crippen molar-refractivity contribution >= 4 is 29.4 Å². The number of hydrogen-bond acceptors (Lipinski definition) is 5. The normalized spacial score (nSPS) is 17.6. The molecule has 0 spiro atoms. The molecule has 6 rings (SSSR count). The Kier molecular flexibility index (Phi) is 8.07. The van der Waals surface area contributed by atoms with Crippen molar-refractivity contribution in [2.45, 2.75) is 31.9 Å².